The molecule has 2 amide bonds. The molecule has 0 radical (unpaired) electrons. The Morgan fingerprint density at radius 2 is 2.05 bits per heavy atom. The highest BCUT2D eigenvalue weighted by atomic mass is 32.1. The number of hydrogen-bond donors (Lipinski definition) is 4. The SMILES string of the molecule is CC1(CO)C(O)CCC2(C)C(CC(=O)NCCN3CCOCC3)c3nc(NC(=O)c4cccc(F)c4)sc3CC12. The average Bonchev–Trinajstić information content (AvgIpc) is 3.34. The minimum atomic E-state index is -0.731. The van der Waals surface area contributed by atoms with Crippen LogP contribution in [0.5, 0.6) is 0 Å². The van der Waals surface area contributed by atoms with E-state index in [0.717, 1.165) is 30.2 Å². The van der Waals surface area contributed by atoms with Gasteiger partial charge in [-0.15, -0.1) is 11.3 Å². The Hall–Kier alpha value is -2.44. The van der Waals surface area contributed by atoms with Crippen molar-refractivity contribution in [2.45, 2.75) is 51.6 Å². The second-order valence-electron chi connectivity index (χ2n) is 11.8. The van der Waals surface area contributed by atoms with Gasteiger partial charge in [0.15, 0.2) is 5.13 Å². The van der Waals surface area contributed by atoms with Crippen LogP contribution in [0.3, 0.4) is 0 Å². The van der Waals surface area contributed by atoms with E-state index in [4.69, 9.17) is 9.72 Å². The topological polar surface area (TPSA) is 124 Å². The van der Waals surface area contributed by atoms with Crippen LogP contribution in [0, 0.1) is 22.6 Å². The molecule has 5 rings (SSSR count). The molecule has 2 aromatic rings. The van der Waals surface area contributed by atoms with Crippen LogP contribution in [0.2, 0.25) is 0 Å². The lowest BCUT2D eigenvalue weighted by molar-refractivity contribution is -0.144. The summed E-state index contributed by atoms with van der Waals surface area (Å²) in [5, 5.41) is 27.7. The van der Waals surface area contributed by atoms with Gasteiger partial charge in [0, 0.05) is 54.4 Å². The van der Waals surface area contributed by atoms with Gasteiger partial charge in [-0.3, -0.25) is 19.8 Å². The maximum absolute atomic E-state index is 13.7. The standard InChI is InChI=1S/C29H39FN4O5S/c1-28-7-6-23(36)29(2,17-35)22(28)16-21-25(20(28)15-24(37)31-8-9-34-10-12-39-13-11-34)32-27(40-21)33-26(38)18-4-3-5-19(30)14-18/h3-5,14,20,22-23,35-36H,6-13,15-17H2,1-2H3,(H,31,37)(H,32,33,38). The number of ether oxygens (including phenoxy) is 1. The quantitative estimate of drug-likeness (QED) is 0.382. The number of nitrogens with one attached hydrogen (secondary N) is 2. The van der Waals surface area contributed by atoms with Crippen molar-refractivity contribution in [1.82, 2.24) is 15.2 Å². The van der Waals surface area contributed by atoms with Gasteiger partial charge in [-0.05, 0) is 48.8 Å². The number of nitrogens with zero attached hydrogens (tertiary/aromatic N) is 2. The molecule has 218 valence electrons. The molecule has 11 heteroatoms. The summed E-state index contributed by atoms with van der Waals surface area (Å²) in [7, 11) is 0. The Bertz CT molecular complexity index is 1240. The summed E-state index contributed by atoms with van der Waals surface area (Å²) in [5.41, 5.74) is -0.132. The number of aromatic nitrogens is 1. The summed E-state index contributed by atoms with van der Waals surface area (Å²) >= 11 is 1.35. The largest absolute Gasteiger partial charge is 0.396 e. The number of aliphatic hydroxyl groups excluding tert-OH is 2. The number of fused-ring (bicyclic) bond motifs is 2. The Morgan fingerprint density at radius 1 is 1.27 bits per heavy atom. The van der Waals surface area contributed by atoms with E-state index in [9.17, 15) is 24.2 Å². The summed E-state index contributed by atoms with van der Waals surface area (Å²) < 4.78 is 19.1. The van der Waals surface area contributed by atoms with Crippen molar-refractivity contribution < 1.29 is 28.9 Å². The molecule has 1 saturated carbocycles. The van der Waals surface area contributed by atoms with Gasteiger partial charge in [-0.1, -0.05) is 19.9 Å². The molecule has 4 N–H and O–H groups in total. The highest BCUT2D eigenvalue weighted by molar-refractivity contribution is 7.15. The lowest BCUT2D eigenvalue weighted by atomic mass is 9.47. The maximum Gasteiger partial charge on any atom is 0.257 e. The monoisotopic (exact) mass is 574 g/mol. The number of hydrogen-bond acceptors (Lipinski definition) is 8. The van der Waals surface area contributed by atoms with Crippen LogP contribution in [0.15, 0.2) is 24.3 Å². The normalized spacial score (nSPS) is 30.3. The van der Waals surface area contributed by atoms with Crippen LogP contribution in [-0.4, -0.2) is 84.0 Å². The number of carbonyl (C=O) groups is 2. The summed E-state index contributed by atoms with van der Waals surface area (Å²) in [6.45, 7) is 8.33. The van der Waals surface area contributed by atoms with Gasteiger partial charge in [-0.2, -0.15) is 0 Å². The number of thiazole rings is 1. The van der Waals surface area contributed by atoms with Gasteiger partial charge < -0.3 is 20.3 Å². The number of rotatable bonds is 8. The first kappa shape index (κ1) is 29.1. The molecule has 5 atom stereocenters. The Balaban J connectivity index is 1.39. The third-order valence-electron chi connectivity index (χ3n) is 9.44. The fourth-order valence-corrected chi connectivity index (χ4v) is 8.00. The number of aliphatic hydroxyl groups is 2. The van der Waals surface area contributed by atoms with E-state index in [1.165, 1.54) is 29.5 Å². The molecule has 1 saturated heterocycles. The van der Waals surface area contributed by atoms with Crippen LogP contribution in [-0.2, 0) is 16.0 Å². The zero-order valence-electron chi connectivity index (χ0n) is 23.1. The van der Waals surface area contributed by atoms with Gasteiger partial charge in [0.25, 0.3) is 5.91 Å². The summed E-state index contributed by atoms with van der Waals surface area (Å²) in [6.07, 6.45) is 1.38. The van der Waals surface area contributed by atoms with E-state index in [-0.39, 0.29) is 41.7 Å². The summed E-state index contributed by atoms with van der Waals surface area (Å²) in [6, 6.07) is 5.48. The highest BCUT2D eigenvalue weighted by Gasteiger charge is 2.59. The third kappa shape index (κ3) is 5.67. The molecule has 2 fully saturated rings. The zero-order valence-corrected chi connectivity index (χ0v) is 23.9. The van der Waals surface area contributed by atoms with Crippen LogP contribution < -0.4 is 10.6 Å². The van der Waals surface area contributed by atoms with Crippen molar-refractivity contribution in [1.29, 1.82) is 0 Å². The number of halogens is 1. The zero-order chi connectivity index (χ0) is 28.5. The summed E-state index contributed by atoms with van der Waals surface area (Å²) in [5.74, 6) is -1.35. The molecule has 0 bridgehead atoms. The maximum atomic E-state index is 13.7. The van der Waals surface area contributed by atoms with Crippen LogP contribution >= 0.6 is 11.3 Å². The molecule has 0 spiro atoms. The fourth-order valence-electron chi connectivity index (χ4n) is 6.93. The highest BCUT2D eigenvalue weighted by Crippen LogP contribution is 2.62. The summed E-state index contributed by atoms with van der Waals surface area (Å²) in [4.78, 5) is 34.2. The van der Waals surface area contributed by atoms with E-state index in [1.54, 1.807) is 6.07 Å². The van der Waals surface area contributed by atoms with Crippen molar-refractivity contribution in [2.75, 3.05) is 51.3 Å². The minimum Gasteiger partial charge on any atom is -0.396 e. The van der Waals surface area contributed by atoms with Gasteiger partial charge in [0.05, 0.1) is 31.6 Å². The van der Waals surface area contributed by atoms with Crippen molar-refractivity contribution >= 4 is 28.3 Å². The molecular weight excluding hydrogens is 535 g/mol. The van der Waals surface area contributed by atoms with Gasteiger partial charge in [-0.25, -0.2) is 9.37 Å². The lowest BCUT2D eigenvalue weighted by Crippen LogP contribution is -2.57. The third-order valence-corrected chi connectivity index (χ3v) is 10.5. The Morgan fingerprint density at radius 3 is 2.77 bits per heavy atom. The van der Waals surface area contributed by atoms with E-state index in [2.05, 4.69) is 22.5 Å². The van der Waals surface area contributed by atoms with Gasteiger partial charge in [0.1, 0.15) is 5.82 Å². The molecule has 1 aromatic carbocycles. The van der Waals surface area contributed by atoms with Crippen molar-refractivity contribution in [3.63, 3.8) is 0 Å². The second kappa shape index (κ2) is 11.8. The first-order valence-corrected chi connectivity index (χ1v) is 14.9. The molecule has 40 heavy (non-hydrogen) atoms. The molecule has 2 heterocycles. The van der Waals surface area contributed by atoms with Crippen molar-refractivity contribution in [3.8, 4) is 0 Å². The molecule has 5 unspecified atom stereocenters. The molecule has 3 aliphatic rings. The van der Waals surface area contributed by atoms with Crippen molar-refractivity contribution in [3.05, 3.63) is 46.2 Å². The molecule has 1 aliphatic heterocycles. The van der Waals surface area contributed by atoms with Crippen LogP contribution in [0.4, 0.5) is 9.52 Å². The predicted molar refractivity (Wildman–Crippen MR) is 150 cm³/mol. The molecule has 9 nitrogen and oxygen atoms in total. The average molecular weight is 575 g/mol. The van der Waals surface area contributed by atoms with Gasteiger partial charge >= 0.3 is 0 Å². The number of anilines is 1. The molecule has 1 aromatic heterocycles. The molecular formula is C29H39FN4O5S. The Labute approximate surface area is 238 Å². The number of amides is 2. The number of carbonyl (C=O) groups excluding carboxylic acids is 2. The minimum absolute atomic E-state index is 0.0683. The van der Waals surface area contributed by atoms with Crippen LogP contribution in [0.1, 0.15) is 60.0 Å². The fraction of sp³-hybridized carbons (Fsp3) is 0.621. The van der Waals surface area contributed by atoms with E-state index < -0.39 is 23.2 Å². The predicted octanol–water partition coefficient (Wildman–Crippen LogP) is 2.79. The van der Waals surface area contributed by atoms with E-state index in [0.29, 0.717) is 44.2 Å². The lowest BCUT2D eigenvalue weighted by Gasteiger charge is -2.58. The molecule has 2 aliphatic carbocycles. The van der Waals surface area contributed by atoms with Gasteiger partial charge in [0.2, 0.25) is 5.91 Å². The second-order valence-corrected chi connectivity index (χ2v) is 12.9. The van der Waals surface area contributed by atoms with Crippen molar-refractivity contribution in [2.24, 2.45) is 16.7 Å². The van der Waals surface area contributed by atoms with E-state index in [1.807, 2.05) is 6.92 Å². The smallest absolute Gasteiger partial charge is 0.257 e. The first-order chi connectivity index (χ1) is 19.1. The number of benzene rings is 1. The first-order valence-electron chi connectivity index (χ1n) is 14.1. The number of morpholine rings is 1. The van der Waals surface area contributed by atoms with Crippen LogP contribution in [0.25, 0.3) is 0 Å². The Kier molecular flexibility index (Phi) is 8.58. The van der Waals surface area contributed by atoms with E-state index >= 15 is 0 Å².